The van der Waals surface area contributed by atoms with Crippen molar-refractivity contribution in [2.45, 2.75) is 58.6 Å². The summed E-state index contributed by atoms with van der Waals surface area (Å²) in [4.78, 5) is 14.1. The summed E-state index contributed by atoms with van der Waals surface area (Å²) < 4.78 is 5.71. The first-order valence-corrected chi connectivity index (χ1v) is 7.12. The van der Waals surface area contributed by atoms with Crippen molar-refractivity contribution in [3.8, 4) is 0 Å². The fourth-order valence-electron chi connectivity index (χ4n) is 2.10. The Bertz CT molecular complexity index is 263. The van der Waals surface area contributed by atoms with Gasteiger partial charge in [0.25, 0.3) is 0 Å². The molecule has 4 nitrogen and oxygen atoms in total. The quantitative estimate of drug-likeness (QED) is 0.673. The zero-order chi connectivity index (χ0) is 13.6. The molecule has 0 aromatic heterocycles. The smallest absolute Gasteiger partial charge is 0.248 e. The van der Waals surface area contributed by atoms with Gasteiger partial charge in [0, 0.05) is 25.7 Å². The molecule has 18 heavy (non-hydrogen) atoms. The molecule has 0 unspecified atom stereocenters. The number of hydrogen-bond acceptors (Lipinski definition) is 3. The number of nitrogens with one attached hydrogen (secondary N) is 1. The fourth-order valence-corrected chi connectivity index (χ4v) is 2.10. The van der Waals surface area contributed by atoms with Gasteiger partial charge in [-0.3, -0.25) is 4.79 Å². The molecular formula is C14H28N2O2. The van der Waals surface area contributed by atoms with Crippen LogP contribution in [0.1, 0.15) is 47.0 Å². The van der Waals surface area contributed by atoms with Crippen LogP contribution in [0.15, 0.2) is 0 Å². The van der Waals surface area contributed by atoms with E-state index in [0.717, 1.165) is 26.1 Å². The third-order valence-corrected chi connectivity index (χ3v) is 3.49. The number of hydrogen-bond donors (Lipinski definition) is 1. The van der Waals surface area contributed by atoms with E-state index in [9.17, 15) is 4.79 Å². The molecule has 1 amide bonds. The fraction of sp³-hybridized carbons (Fsp3) is 0.929. The minimum Gasteiger partial charge on any atom is -0.363 e. The molecule has 1 N–H and O–H groups in total. The maximum Gasteiger partial charge on any atom is 0.248 e. The Hall–Kier alpha value is -0.610. The number of rotatable bonds is 8. The normalized spacial score (nSPS) is 17.6. The second kappa shape index (κ2) is 7.10. The van der Waals surface area contributed by atoms with Crippen molar-refractivity contribution in [2.24, 2.45) is 0 Å². The molecule has 0 atom stereocenters. The first kappa shape index (κ1) is 15.4. The highest BCUT2D eigenvalue weighted by Crippen LogP contribution is 2.15. The Morgan fingerprint density at radius 2 is 2.06 bits per heavy atom. The first-order valence-electron chi connectivity index (χ1n) is 7.12. The van der Waals surface area contributed by atoms with Crippen LogP contribution < -0.4 is 5.32 Å². The maximum absolute atomic E-state index is 12.1. The van der Waals surface area contributed by atoms with Crippen molar-refractivity contribution >= 4 is 5.91 Å². The molecule has 1 saturated heterocycles. The number of nitrogens with zero attached hydrogens (tertiary/aromatic N) is 1. The number of ether oxygens (including phenoxy) is 1. The van der Waals surface area contributed by atoms with E-state index in [4.69, 9.17) is 4.74 Å². The summed E-state index contributed by atoms with van der Waals surface area (Å²) in [5.41, 5.74) is -0.137. The molecular weight excluding hydrogens is 228 g/mol. The first-order chi connectivity index (χ1) is 8.48. The van der Waals surface area contributed by atoms with E-state index in [-0.39, 0.29) is 24.2 Å². The molecule has 0 saturated carbocycles. The van der Waals surface area contributed by atoms with Crippen LogP contribution in [-0.4, -0.2) is 48.7 Å². The van der Waals surface area contributed by atoms with Gasteiger partial charge < -0.3 is 15.0 Å². The van der Waals surface area contributed by atoms with E-state index in [2.05, 4.69) is 26.1 Å². The summed E-state index contributed by atoms with van der Waals surface area (Å²) in [5, 5.41) is 3.17. The topological polar surface area (TPSA) is 41.6 Å². The van der Waals surface area contributed by atoms with Gasteiger partial charge in [-0.1, -0.05) is 19.8 Å². The lowest BCUT2D eigenvalue weighted by Crippen LogP contribution is -2.60. The molecule has 1 fully saturated rings. The van der Waals surface area contributed by atoms with Crippen molar-refractivity contribution < 1.29 is 9.53 Å². The maximum atomic E-state index is 12.1. The van der Waals surface area contributed by atoms with Gasteiger partial charge in [-0.2, -0.15) is 0 Å². The highest BCUT2D eigenvalue weighted by atomic mass is 16.5. The number of carbonyl (C=O) groups is 1. The van der Waals surface area contributed by atoms with Crippen LogP contribution in [0.4, 0.5) is 0 Å². The highest BCUT2D eigenvalue weighted by Gasteiger charge is 2.33. The molecule has 0 spiro atoms. The summed E-state index contributed by atoms with van der Waals surface area (Å²) in [6, 6.07) is 0.255. The van der Waals surface area contributed by atoms with E-state index >= 15 is 0 Å². The van der Waals surface area contributed by atoms with Crippen LogP contribution in [0.3, 0.4) is 0 Å². The minimum atomic E-state index is -0.137. The molecule has 0 aromatic rings. The Labute approximate surface area is 111 Å². The number of unbranched alkanes of at least 4 members (excludes halogenated alkanes) is 2. The third kappa shape index (κ3) is 4.58. The number of amides is 1. The van der Waals surface area contributed by atoms with E-state index in [1.165, 1.54) is 12.8 Å². The zero-order valence-electron chi connectivity index (χ0n) is 12.3. The third-order valence-electron chi connectivity index (χ3n) is 3.49. The van der Waals surface area contributed by atoms with Crippen LogP contribution in [0.25, 0.3) is 0 Å². The van der Waals surface area contributed by atoms with Gasteiger partial charge in [0.1, 0.15) is 6.61 Å². The standard InChI is InChI=1S/C14H28N2O2/c1-5-6-7-8-16(12(2)3)13(17)9-18-14(4)10-15-11-14/h12,15H,5-11H2,1-4H3. The second-order valence-corrected chi connectivity index (χ2v) is 5.73. The molecule has 1 aliphatic rings. The number of carbonyl (C=O) groups excluding carboxylic acids is 1. The van der Waals surface area contributed by atoms with Crippen molar-refractivity contribution in [3.63, 3.8) is 0 Å². The molecule has 1 heterocycles. The summed E-state index contributed by atoms with van der Waals surface area (Å²) in [6.07, 6.45) is 3.44. The lowest BCUT2D eigenvalue weighted by Gasteiger charge is -2.39. The van der Waals surface area contributed by atoms with Crippen molar-refractivity contribution in [3.05, 3.63) is 0 Å². The van der Waals surface area contributed by atoms with Crippen LogP contribution in [0.2, 0.25) is 0 Å². The summed E-state index contributed by atoms with van der Waals surface area (Å²) in [6.45, 7) is 11.1. The van der Waals surface area contributed by atoms with Gasteiger partial charge in [-0.15, -0.1) is 0 Å². The zero-order valence-corrected chi connectivity index (χ0v) is 12.3. The summed E-state index contributed by atoms with van der Waals surface area (Å²) >= 11 is 0. The van der Waals surface area contributed by atoms with Gasteiger partial charge in [-0.05, 0) is 27.2 Å². The van der Waals surface area contributed by atoms with Crippen molar-refractivity contribution in [2.75, 3.05) is 26.2 Å². The van der Waals surface area contributed by atoms with Gasteiger partial charge in [0.2, 0.25) is 5.91 Å². The largest absolute Gasteiger partial charge is 0.363 e. The van der Waals surface area contributed by atoms with E-state index in [1.54, 1.807) is 0 Å². The van der Waals surface area contributed by atoms with Gasteiger partial charge in [0.05, 0.1) is 5.60 Å². The molecule has 106 valence electrons. The van der Waals surface area contributed by atoms with Crippen molar-refractivity contribution in [1.29, 1.82) is 0 Å². The summed E-state index contributed by atoms with van der Waals surface area (Å²) in [5.74, 6) is 0.120. The van der Waals surface area contributed by atoms with Gasteiger partial charge in [0.15, 0.2) is 0 Å². The predicted octanol–water partition coefficient (Wildman–Crippen LogP) is 1.79. The average Bonchev–Trinajstić information content (AvgIpc) is 2.29. The second-order valence-electron chi connectivity index (χ2n) is 5.73. The summed E-state index contributed by atoms with van der Waals surface area (Å²) in [7, 11) is 0. The van der Waals surface area contributed by atoms with E-state index in [1.807, 2.05) is 11.8 Å². The Morgan fingerprint density at radius 1 is 1.39 bits per heavy atom. The van der Waals surface area contributed by atoms with Crippen LogP contribution in [-0.2, 0) is 9.53 Å². The van der Waals surface area contributed by atoms with Gasteiger partial charge >= 0.3 is 0 Å². The van der Waals surface area contributed by atoms with Crippen LogP contribution in [0, 0.1) is 0 Å². The Morgan fingerprint density at radius 3 is 2.50 bits per heavy atom. The van der Waals surface area contributed by atoms with Crippen LogP contribution >= 0.6 is 0 Å². The highest BCUT2D eigenvalue weighted by molar-refractivity contribution is 5.77. The van der Waals surface area contributed by atoms with Crippen LogP contribution in [0.5, 0.6) is 0 Å². The molecule has 0 radical (unpaired) electrons. The Kier molecular flexibility index (Phi) is 6.09. The molecule has 4 heteroatoms. The molecule has 0 aromatic carbocycles. The lowest BCUT2D eigenvalue weighted by molar-refractivity contribution is -0.147. The Balaban J connectivity index is 2.34. The molecule has 0 aliphatic carbocycles. The monoisotopic (exact) mass is 256 g/mol. The predicted molar refractivity (Wildman–Crippen MR) is 73.6 cm³/mol. The minimum absolute atomic E-state index is 0.120. The average molecular weight is 256 g/mol. The van der Waals surface area contributed by atoms with Crippen molar-refractivity contribution in [1.82, 2.24) is 10.2 Å². The molecule has 1 aliphatic heterocycles. The SMILES string of the molecule is CCCCCN(C(=O)COC1(C)CNC1)C(C)C. The molecule has 1 rings (SSSR count). The lowest BCUT2D eigenvalue weighted by atomic mass is 10.0. The van der Waals surface area contributed by atoms with Gasteiger partial charge in [-0.25, -0.2) is 0 Å². The van der Waals surface area contributed by atoms with E-state index < -0.39 is 0 Å². The van der Waals surface area contributed by atoms with E-state index in [0.29, 0.717) is 0 Å². The molecule has 0 bridgehead atoms.